The first-order valence-electron chi connectivity index (χ1n) is 11.2. The molecule has 5 N–H and O–H groups in total. The lowest BCUT2D eigenvalue weighted by Crippen LogP contribution is -2.66. The second-order valence-corrected chi connectivity index (χ2v) is 9.74. The highest BCUT2D eigenvalue weighted by Crippen LogP contribution is 2.62. The van der Waals surface area contributed by atoms with Crippen molar-refractivity contribution >= 4 is 0 Å². The van der Waals surface area contributed by atoms with Crippen molar-refractivity contribution < 1.29 is 39.7 Å². The first-order chi connectivity index (χ1) is 15.4. The molecule has 9 heteroatoms. The first kappa shape index (κ1) is 20.9. The number of benzene rings is 1. The Morgan fingerprint density at radius 1 is 1.16 bits per heavy atom. The lowest BCUT2D eigenvalue weighted by Gasteiger charge is -2.57. The maximum atomic E-state index is 10.6. The Hall–Kier alpha value is -1.72. The number of rotatable bonds is 3. The summed E-state index contributed by atoms with van der Waals surface area (Å²) in [7, 11) is 2.14. The molecule has 1 aromatic rings. The minimum atomic E-state index is -1.51. The summed E-state index contributed by atoms with van der Waals surface area (Å²) in [5.41, 5.74) is 1.87. The molecule has 3 heterocycles. The predicted octanol–water partition coefficient (Wildman–Crippen LogP) is -0.978. The molecule has 1 spiro atoms. The molecule has 2 saturated heterocycles. The summed E-state index contributed by atoms with van der Waals surface area (Å²) in [4.78, 5) is 2.38. The van der Waals surface area contributed by atoms with E-state index in [4.69, 9.17) is 14.2 Å². The van der Waals surface area contributed by atoms with Crippen LogP contribution in [0.5, 0.6) is 11.5 Å². The summed E-state index contributed by atoms with van der Waals surface area (Å²) in [5, 5.41) is 50.8. The molecule has 2 fully saturated rings. The van der Waals surface area contributed by atoms with Crippen LogP contribution < -0.4 is 4.74 Å². The maximum Gasteiger partial charge on any atom is 0.187 e. The Balaban J connectivity index is 1.38. The van der Waals surface area contributed by atoms with Crippen molar-refractivity contribution in [2.45, 2.75) is 67.2 Å². The number of phenolic OH excluding ortho intramolecular Hbond substituents is 1. The van der Waals surface area contributed by atoms with Crippen LogP contribution in [0.15, 0.2) is 24.3 Å². The fourth-order valence-corrected chi connectivity index (χ4v) is 6.67. The van der Waals surface area contributed by atoms with E-state index in [0.29, 0.717) is 11.8 Å². The number of piperidine rings is 1. The number of ether oxygens (including phenoxy) is 3. The summed E-state index contributed by atoms with van der Waals surface area (Å²) >= 11 is 0. The van der Waals surface area contributed by atoms with Crippen molar-refractivity contribution in [3.8, 4) is 11.5 Å². The molecule has 3 aliphatic heterocycles. The van der Waals surface area contributed by atoms with Crippen LogP contribution in [0.3, 0.4) is 0 Å². The van der Waals surface area contributed by atoms with Crippen LogP contribution >= 0.6 is 0 Å². The van der Waals surface area contributed by atoms with Crippen molar-refractivity contribution in [1.82, 2.24) is 4.90 Å². The third-order valence-electron chi connectivity index (χ3n) is 8.27. The molecule has 174 valence electrons. The van der Waals surface area contributed by atoms with Crippen LogP contribution in [0.25, 0.3) is 0 Å². The lowest BCUT2D eigenvalue weighted by atomic mass is 9.53. The van der Waals surface area contributed by atoms with E-state index in [1.165, 1.54) is 5.56 Å². The molecular formula is C23H29NO8. The van der Waals surface area contributed by atoms with Crippen molar-refractivity contribution in [3.05, 3.63) is 35.4 Å². The fourth-order valence-electron chi connectivity index (χ4n) is 6.67. The Morgan fingerprint density at radius 2 is 1.97 bits per heavy atom. The van der Waals surface area contributed by atoms with Gasteiger partial charge in [-0.2, -0.15) is 0 Å². The predicted molar refractivity (Wildman–Crippen MR) is 110 cm³/mol. The third-order valence-corrected chi connectivity index (χ3v) is 8.27. The standard InChI is InChI=1S/C23H29NO8/c1-24-7-6-23-11-3-5-14(30-22-19(29)18(28)17(27)15(9-25)31-22)21(23)32-20-13(26)4-2-10(16(20)23)8-12(11)24/h2-5,11-12,14-15,17-19,21-22,25-29H,6-9H2,1H3/t11-,12+,14-,15+,17+,18-,19-,21-,22-,23-/m0/s1. The Bertz CT molecular complexity index is 952. The van der Waals surface area contributed by atoms with Crippen molar-refractivity contribution in [3.63, 3.8) is 0 Å². The van der Waals surface area contributed by atoms with Gasteiger partial charge in [0.2, 0.25) is 0 Å². The van der Waals surface area contributed by atoms with Crippen molar-refractivity contribution in [1.29, 1.82) is 0 Å². The molecule has 0 saturated carbocycles. The zero-order chi connectivity index (χ0) is 22.4. The summed E-state index contributed by atoms with van der Waals surface area (Å²) < 4.78 is 18.1. The maximum absolute atomic E-state index is 10.6. The summed E-state index contributed by atoms with van der Waals surface area (Å²) in [6.07, 6.45) is -2.02. The van der Waals surface area contributed by atoms with E-state index >= 15 is 0 Å². The van der Waals surface area contributed by atoms with Gasteiger partial charge in [-0.3, -0.25) is 0 Å². The fraction of sp³-hybridized carbons (Fsp3) is 0.652. The van der Waals surface area contributed by atoms with E-state index in [-0.39, 0.29) is 17.1 Å². The van der Waals surface area contributed by atoms with Crippen LogP contribution in [0.4, 0.5) is 0 Å². The highest BCUT2D eigenvalue weighted by molar-refractivity contribution is 5.61. The number of likely N-dealkylation sites (N-methyl/N-ethyl adjacent to an activating group) is 1. The Morgan fingerprint density at radius 3 is 2.75 bits per heavy atom. The van der Waals surface area contributed by atoms with E-state index in [1.54, 1.807) is 6.07 Å². The van der Waals surface area contributed by atoms with Gasteiger partial charge in [0.25, 0.3) is 0 Å². The second kappa shape index (κ2) is 7.14. The van der Waals surface area contributed by atoms with Crippen LogP contribution in [0.2, 0.25) is 0 Å². The van der Waals surface area contributed by atoms with Gasteiger partial charge in [0.1, 0.15) is 36.6 Å². The molecule has 6 rings (SSSR count). The molecule has 32 heavy (non-hydrogen) atoms. The number of aliphatic hydroxyl groups excluding tert-OH is 4. The summed E-state index contributed by atoms with van der Waals surface area (Å²) in [5.74, 6) is 0.804. The zero-order valence-corrected chi connectivity index (χ0v) is 17.7. The highest BCUT2D eigenvalue weighted by atomic mass is 16.7. The number of hydrogen-bond donors (Lipinski definition) is 5. The molecule has 10 atom stereocenters. The van der Waals surface area contributed by atoms with Crippen LogP contribution in [-0.2, 0) is 21.3 Å². The van der Waals surface area contributed by atoms with Crippen LogP contribution in [-0.4, -0.2) is 99.6 Å². The van der Waals surface area contributed by atoms with E-state index in [2.05, 4.69) is 18.0 Å². The monoisotopic (exact) mass is 447 g/mol. The number of phenols is 1. The Kier molecular flexibility index (Phi) is 4.65. The molecular weight excluding hydrogens is 418 g/mol. The average molecular weight is 447 g/mol. The van der Waals surface area contributed by atoms with Gasteiger partial charge in [0.15, 0.2) is 17.8 Å². The van der Waals surface area contributed by atoms with Gasteiger partial charge >= 0.3 is 0 Å². The highest BCUT2D eigenvalue weighted by Gasteiger charge is 2.65. The molecule has 2 aliphatic carbocycles. The van der Waals surface area contributed by atoms with Gasteiger partial charge in [0.05, 0.1) is 6.61 Å². The number of hydrogen-bond acceptors (Lipinski definition) is 9. The van der Waals surface area contributed by atoms with Gasteiger partial charge in [-0.1, -0.05) is 18.2 Å². The molecule has 0 aromatic heterocycles. The normalized spacial score (nSPS) is 46.6. The second-order valence-electron chi connectivity index (χ2n) is 9.74. The topological polar surface area (TPSA) is 132 Å². The number of aliphatic hydroxyl groups is 4. The van der Waals surface area contributed by atoms with Gasteiger partial charge in [-0.25, -0.2) is 0 Å². The SMILES string of the molecule is CN1CC[C@]23c4c5ccc(O)c4O[C@H]2[C@@H](O[C@H]2O[C@H](CO)[C@@H](O)[C@H](O)[C@@H]2O)C=C[C@H]3[C@H]1C5. The van der Waals surface area contributed by atoms with Gasteiger partial charge in [-0.05, 0) is 38.1 Å². The van der Waals surface area contributed by atoms with E-state index < -0.39 is 49.5 Å². The lowest BCUT2D eigenvalue weighted by molar-refractivity contribution is -0.314. The molecule has 2 bridgehead atoms. The quantitative estimate of drug-likeness (QED) is 0.371. The van der Waals surface area contributed by atoms with E-state index in [9.17, 15) is 25.5 Å². The first-order valence-corrected chi connectivity index (χ1v) is 11.2. The van der Waals surface area contributed by atoms with E-state index in [0.717, 1.165) is 24.9 Å². The number of nitrogens with zero attached hydrogens (tertiary/aromatic N) is 1. The molecule has 0 amide bonds. The minimum absolute atomic E-state index is 0.107. The molecule has 5 aliphatic rings. The minimum Gasteiger partial charge on any atom is -0.504 e. The van der Waals surface area contributed by atoms with Gasteiger partial charge in [-0.15, -0.1) is 0 Å². The largest absolute Gasteiger partial charge is 0.504 e. The molecule has 0 radical (unpaired) electrons. The molecule has 1 aromatic carbocycles. The molecule has 0 unspecified atom stereocenters. The number of aromatic hydroxyl groups is 1. The van der Waals surface area contributed by atoms with Crippen molar-refractivity contribution in [2.75, 3.05) is 20.2 Å². The zero-order valence-electron chi connectivity index (χ0n) is 17.7. The Labute approximate surface area is 185 Å². The number of likely N-dealkylation sites (tertiary alicyclic amines) is 1. The van der Waals surface area contributed by atoms with Gasteiger partial charge < -0.3 is 44.6 Å². The van der Waals surface area contributed by atoms with Gasteiger partial charge in [0, 0.05) is 22.9 Å². The van der Waals surface area contributed by atoms with E-state index in [1.807, 2.05) is 12.1 Å². The van der Waals surface area contributed by atoms with Crippen LogP contribution in [0, 0.1) is 5.92 Å². The van der Waals surface area contributed by atoms with Crippen LogP contribution in [0.1, 0.15) is 17.5 Å². The smallest absolute Gasteiger partial charge is 0.187 e. The average Bonchev–Trinajstić information content (AvgIpc) is 3.14. The molecule has 9 nitrogen and oxygen atoms in total. The summed E-state index contributed by atoms with van der Waals surface area (Å²) in [6.45, 7) is 0.365. The van der Waals surface area contributed by atoms with Crippen molar-refractivity contribution in [2.24, 2.45) is 5.92 Å². The summed E-state index contributed by atoms with van der Waals surface area (Å²) in [6, 6.07) is 3.97. The third kappa shape index (κ3) is 2.58.